The van der Waals surface area contributed by atoms with Crippen molar-refractivity contribution in [3.63, 3.8) is 0 Å². The third-order valence-electron chi connectivity index (χ3n) is 4.05. The first-order valence-corrected chi connectivity index (χ1v) is 11.2. The van der Waals surface area contributed by atoms with Crippen LogP contribution >= 0.6 is 0 Å². The highest BCUT2D eigenvalue weighted by Gasteiger charge is 2.31. The summed E-state index contributed by atoms with van der Waals surface area (Å²) in [5.74, 6) is 0.422. The molecule has 0 amide bonds. The third kappa shape index (κ3) is 4.69. The largest absolute Gasteiger partial charge is 0.495 e. The zero-order chi connectivity index (χ0) is 18.0. The van der Waals surface area contributed by atoms with Gasteiger partial charge in [0.25, 0.3) is 0 Å². The number of hydrogen-bond donors (Lipinski definition) is 0. The normalized spacial score (nSPS) is 17.8. The lowest BCUT2D eigenvalue weighted by Crippen LogP contribution is -2.49. The highest BCUT2D eigenvalue weighted by molar-refractivity contribution is 7.90. The number of aryl methyl sites for hydroxylation is 1. The van der Waals surface area contributed by atoms with Gasteiger partial charge < -0.3 is 4.74 Å². The lowest BCUT2D eigenvalue weighted by atomic mass is 10.2. The number of sulfone groups is 1. The SMILES string of the molecule is COc1ccc(C)cc1S(=O)(=O)N1CCN(CCS(C)(=O)=O)CC1. The Hall–Kier alpha value is -1.16. The number of methoxy groups -OCH3 is 1. The Bertz CT molecular complexity index is 782. The molecule has 0 bridgehead atoms. The van der Waals surface area contributed by atoms with Crippen molar-refractivity contribution in [2.24, 2.45) is 0 Å². The maximum absolute atomic E-state index is 12.9. The van der Waals surface area contributed by atoms with E-state index in [1.807, 2.05) is 11.8 Å². The highest BCUT2D eigenvalue weighted by Crippen LogP contribution is 2.28. The Morgan fingerprint density at radius 1 is 1.08 bits per heavy atom. The van der Waals surface area contributed by atoms with Crippen LogP contribution in [0.3, 0.4) is 0 Å². The van der Waals surface area contributed by atoms with Gasteiger partial charge in [0.1, 0.15) is 20.5 Å². The van der Waals surface area contributed by atoms with Crippen molar-refractivity contribution < 1.29 is 21.6 Å². The Morgan fingerprint density at radius 3 is 2.25 bits per heavy atom. The van der Waals surface area contributed by atoms with Crippen molar-refractivity contribution in [1.82, 2.24) is 9.21 Å². The molecule has 0 aliphatic carbocycles. The highest BCUT2D eigenvalue weighted by atomic mass is 32.2. The van der Waals surface area contributed by atoms with Crippen molar-refractivity contribution >= 4 is 19.9 Å². The lowest BCUT2D eigenvalue weighted by Gasteiger charge is -2.34. The molecule has 0 radical (unpaired) electrons. The van der Waals surface area contributed by atoms with Crippen molar-refractivity contribution in [3.8, 4) is 5.75 Å². The summed E-state index contributed by atoms with van der Waals surface area (Å²) in [5.41, 5.74) is 0.848. The number of ether oxygens (including phenoxy) is 1. The fraction of sp³-hybridized carbons (Fsp3) is 0.600. The second-order valence-electron chi connectivity index (χ2n) is 6.03. The smallest absolute Gasteiger partial charge is 0.246 e. The number of benzene rings is 1. The van der Waals surface area contributed by atoms with Gasteiger partial charge in [-0.2, -0.15) is 4.31 Å². The molecule has 0 atom stereocenters. The molecule has 0 saturated carbocycles. The van der Waals surface area contributed by atoms with Crippen LogP contribution in [0.1, 0.15) is 5.56 Å². The summed E-state index contributed by atoms with van der Waals surface area (Å²) in [6, 6.07) is 5.08. The summed E-state index contributed by atoms with van der Waals surface area (Å²) in [6.07, 6.45) is 1.21. The zero-order valence-electron chi connectivity index (χ0n) is 14.2. The van der Waals surface area contributed by atoms with Crippen molar-refractivity contribution in [2.45, 2.75) is 11.8 Å². The van der Waals surface area contributed by atoms with Gasteiger partial charge in [-0.25, -0.2) is 16.8 Å². The third-order valence-corrected chi connectivity index (χ3v) is 6.89. The molecule has 1 aliphatic rings. The molecule has 0 aromatic heterocycles. The first-order chi connectivity index (χ1) is 11.1. The second kappa shape index (κ2) is 7.38. The van der Waals surface area contributed by atoms with E-state index in [9.17, 15) is 16.8 Å². The molecule has 0 spiro atoms. The predicted octanol–water partition coefficient (Wildman–Crippen LogP) is 0.355. The molecule has 1 aromatic rings. The summed E-state index contributed by atoms with van der Waals surface area (Å²) in [6.45, 7) is 3.97. The van der Waals surface area contributed by atoms with E-state index in [-0.39, 0.29) is 10.6 Å². The van der Waals surface area contributed by atoms with E-state index in [2.05, 4.69) is 0 Å². The summed E-state index contributed by atoms with van der Waals surface area (Å²) >= 11 is 0. The Morgan fingerprint density at radius 2 is 1.71 bits per heavy atom. The van der Waals surface area contributed by atoms with Gasteiger partial charge in [0, 0.05) is 39.0 Å². The second-order valence-corrected chi connectivity index (χ2v) is 10.2. The van der Waals surface area contributed by atoms with E-state index >= 15 is 0 Å². The van der Waals surface area contributed by atoms with Crippen LogP contribution in [-0.2, 0) is 19.9 Å². The number of hydrogen-bond acceptors (Lipinski definition) is 6. The molecule has 2 rings (SSSR count). The van der Waals surface area contributed by atoms with Gasteiger partial charge in [0.2, 0.25) is 10.0 Å². The van der Waals surface area contributed by atoms with Gasteiger partial charge in [-0.15, -0.1) is 0 Å². The van der Waals surface area contributed by atoms with Gasteiger partial charge >= 0.3 is 0 Å². The Balaban J connectivity index is 2.09. The monoisotopic (exact) mass is 376 g/mol. The van der Waals surface area contributed by atoms with E-state index in [0.717, 1.165) is 5.56 Å². The number of nitrogens with zero attached hydrogens (tertiary/aromatic N) is 2. The molecule has 1 aromatic carbocycles. The fourth-order valence-corrected chi connectivity index (χ4v) is 4.87. The Kier molecular flexibility index (Phi) is 5.90. The first kappa shape index (κ1) is 19.2. The van der Waals surface area contributed by atoms with Crippen LogP contribution < -0.4 is 4.74 Å². The van der Waals surface area contributed by atoms with E-state index in [1.165, 1.54) is 17.7 Å². The number of sulfonamides is 1. The average molecular weight is 377 g/mol. The minimum absolute atomic E-state index is 0.0887. The zero-order valence-corrected chi connectivity index (χ0v) is 15.9. The summed E-state index contributed by atoms with van der Waals surface area (Å²) in [4.78, 5) is 2.15. The molecule has 0 N–H and O–H groups in total. The van der Waals surface area contributed by atoms with Crippen LogP contribution in [0, 0.1) is 6.92 Å². The quantitative estimate of drug-likeness (QED) is 0.713. The van der Waals surface area contributed by atoms with E-state index < -0.39 is 19.9 Å². The molecule has 9 heteroatoms. The predicted molar refractivity (Wildman–Crippen MR) is 92.6 cm³/mol. The van der Waals surface area contributed by atoms with E-state index in [4.69, 9.17) is 4.74 Å². The van der Waals surface area contributed by atoms with Crippen molar-refractivity contribution in [3.05, 3.63) is 23.8 Å². The van der Waals surface area contributed by atoms with Gasteiger partial charge in [0.05, 0.1) is 12.9 Å². The van der Waals surface area contributed by atoms with Gasteiger partial charge in [0.15, 0.2) is 0 Å². The standard InChI is InChI=1S/C15H24N2O5S2/c1-13-4-5-14(22-2)15(12-13)24(20,21)17-8-6-16(7-9-17)10-11-23(3,18)19/h4-5,12H,6-11H2,1-3H3. The van der Waals surface area contributed by atoms with E-state index in [0.29, 0.717) is 38.5 Å². The molecule has 1 saturated heterocycles. The van der Waals surface area contributed by atoms with Gasteiger partial charge in [-0.05, 0) is 24.6 Å². The number of rotatable bonds is 6. The van der Waals surface area contributed by atoms with Crippen molar-refractivity contribution in [1.29, 1.82) is 0 Å². The van der Waals surface area contributed by atoms with Crippen LogP contribution in [0.25, 0.3) is 0 Å². The minimum Gasteiger partial charge on any atom is -0.495 e. The minimum atomic E-state index is -3.63. The Labute approximate surface area is 144 Å². The van der Waals surface area contributed by atoms with Crippen LogP contribution in [0.4, 0.5) is 0 Å². The lowest BCUT2D eigenvalue weighted by molar-refractivity contribution is 0.197. The van der Waals surface area contributed by atoms with Crippen molar-refractivity contribution in [2.75, 3.05) is 51.8 Å². The molecule has 24 heavy (non-hydrogen) atoms. The van der Waals surface area contributed by atoms with Crippen LogP contribution in [0.2, 0.25) is 0 Å². The molecule has 1 fully saturated rings. The first-order valence-electron chi connectivity index (χ1n) is 7.68. The summed E-state index contributed by atoms with van der Waals surface area (Å²) in [5, 5.41) is 0. The van der Waals surface area contributed by atoms with Gasteiger partial charge in [-0.1, -0.05) is 6.07 Å². The molecule has 1 aliphatic heterocycles. The van der Waals surface area contributed by atoms with Gasteiger partial charge in [-0.3, -0.25) is 4.90 Å². The number of piperazine rings is 1. The maximum Gasteiger partial charge on any atom is 0.246 e. The van der Waals surface area contributed by atoms with E-state index in [1.54, 1.807) is 18.2 Å². The van der Waals surface area contributed by atoms with Crippen LogP contribution in [0.5, 0.6) is 5.75 Å². The molecule has 0 unspecified atom stereocenters. The molecule has 136 valence electrons. The summed E-state index contributed by atoms with van der Waals surface area (Å²) in [7, 11) is -5.19. The van der Waals surface area contributed by atoms with Crippen LogP contribution in [-0.4, -0.2) is 77.9 Å². The molecule has 1 heterocycles. The maximum atomic E-state index is 12.9. The summed E-state index contributed by atoms with van der Waals surface area (Å²) < 4.78 is 54.8. The molecule has 7 nitrogen and oxygen atoms in total. The van der Waals surface area contributed by atoms with Crippen LogP contribution in [0.15, 0.2) is 23.1 Å². The topological polar surface area (TPSA) is 84.0 Å². The molecular weight excluding hydrogens is 352 g/mol. The fourth-order valence-electron chi connectivity index (χ4n) is 2.61. The molecular formula is C15H24N2O5S2. The average Bonchev–Trinajstić information content (AvgIpc) is 2.52.